The monoisotopic (exact) mass is 411 g/mol. The average molecular weight is 412 g/mol. The SMILES string of the molecule is O=C(COC(=O)c1ccc(NC2CC2)nc1)Nc1ccc(OC(F)F)c(Cl)c1. The second-order valence-electron chi connectivity index (χ2n) is 6.00. The van der Waals surface area contributed by atoms with Crippen LogP contribution >= 0.6 is 11.6 Å². The van der Waals surface area contributed by atoms with Crippen molar-refractivity contribution in [2.45, 2.75) is 25.5 Å². The summed E-state index contributed by atoms with van der Waals surface area (Å²) in [6.07, 6.45) is 3.58. The lowest BCUT2D eigenvalue weighted by Gasteiger charge is -2.10. The molecule has 1 saturated carbocycles. The van der Waals surface area contributed by atoms with Crippen LogP contribution in [-0.2, 0) is 9.53 Å². The topological polar surface area (TPSA) is 89.6 Å². The van der Waals surface area contributed by atoms with E-state index in [4.69, 9.17) is 16.3 Å². The number of rotatable bonds is 8. The highest BCUT2D eigenvalue weighted by Gasteiger charge is 2.21. The molecule has 1 aromatic heterocycles. The molecule has 148 valence electrons. The zero-order valence-corrected chi connectivity index (χ0v) is 15.2. The van der Waals surface area contributed by atoms with E-state index in [1.807, 2.05) is 0 Å². The summed E-state index contributed by atoms with van der Waals surface area (Å²) in [6, 6.07) is 7.43. The van der Waals surface area contributed by atoms with Crippen LogP contribution in [0.1, 0.15) is 23.2 Å². The van der Waals surface area contributed by atoms with Gasteiger partial charge in [-0.2, -0.15) is 8.78 Å². The normalized spacial score (nSPS) is 13.1. The number of pyridine rings is 1. The van der Waals surface area contributed by atoms with E-state index in [9.17, 15) is 18.4 Å². The molecule has 0 bridgehead atoms. The van der Waals surface area contributed by atoms with Gasteiger partial charge in [-0.3, -0.25) is 4.79 Å². The summed E-state index contributed by atoms with van der Waals surface area (Å²) in [6.45, 7) is -3.54. The molecule has 1 aliphatic carbocycles. The van der Waals surface area contributed by atoms with Crippen LogP contribution < -0.4 is 15.4 Å². The summed E-state index contributed by atoms with van der Waals surface area (Å²) < 4.78 is 33.5. The number of aromatic nitrogens is 1. The van der Waals surface area contributed by atoms with Crippen molar-refractivity contribution >= 4 is 35.0 Å². The van der Waals surface area contributed by atoms with Gasteiger partial charge >= 0.3 is 12.6 Å². The number of anilines is 2. The maximum Gasteiger partial charge on any atom is 0.387 e. The second-order valence-corrected chi connectivity index (χ2v) is 6.41. The predicted molar refractivity (Wildman–Crippen MR) is 97.9 cm³/mol. The van der Waals surface area contributed by atoms with Crippen molar-refractivity contribution in [1.82, 2.24) is 4.98 Å². The van der Waals surface area contributed by atoms with Gasteiger partial charge in [-0.1, -0.05) is 11.6 Å². The summed E-state index contributed by atoms with van der Waals surface area (Å²) in [5.74, 6) is -0.854. The number of carbonyl (C=O) groups is 2. The first-order chi connectivity index (χ1) is 13.4. The molecule has 1 aromatic carbocycles. The number of benzene rings is 1. The first kappa shape index (κ1) is 19.8. The van der Waals surface area contributed by atoms with Gasteiger partial charge in [0.05, 0.1) is 10.6 Å². The van der Waals surface area contributed by atoms with Gasteiger partial charge in [-0.05, 0) is 43.2 Å². The molecule has 0 unspecified atom stereocenters. The molecule has 28 heavy (non-hydrogen) atoms. The molecule has 0 aliphatic heterocycles. The fourth-order valence-corrected chi connectivity index (χ4v) is 2.44. The summed E-state index contributed by atoms with van der Waals surface area (Å²) in [4.78, 5) is 28.0. The largest absolute Gasteiger partial charge is 0.452 e. The molecule has 2 aromatic rings. The summed E-state index contributed by atoms with van der Waals surface area (Å²) in [5.41, 5.74) is 0.454. The molecule has 10 heteroatoms. The minimum atomic E-state index is -3.01. The molecule has 0 radical (unpaired) electrons. The fourth-order valence-electron chi connectivity index (χ4n) is 2.22. The molecular formula is C18H16ClF2N3O4. The Balaban J connectivity index is 1.48. The Morgan fingerprint density at radius 1 is 1.25 bits per heavy atom. The number of nitrogens with one attached hydrogen (secondary N) is 2. The van der Waals surface area contributed by atoms with Crippen molar-refractivity contribution in [1.29, 1.82) is 0 Å². The van der Waals surface area contributed by atoms with E-state index in [1.165, 1.54) is 24.4 Å². The highest BCUT2D eigenvalue weighted by atomic mass is 35.5. The minimum Gasteiger partial charge on any atom is -0.452 e. The predicted octanol–water partition coefficient (Wildman–Crippen LogP) is 3.71. The van der Waals surface area contributed by atoms with E-state index in [1.54, 1.807) is 12.1 Å². The van der Waals surface area contributed by atoms with Crippen molar-refractivity contribution in [3.05, 3.63) is 47.1 Å². The Labute approximate surface area is 164 Å². The Kier molecular flexibility index (Phi) is 6.25. The van der Waals surface area contributed by atoms with Crippen LogP contribution in [0.5, 0.6) is 5.75 Å². The fraction of sp³-hybridized carbons (Fsp3) is 0.278. The molecule has 0 saturated heterocycles. The lowest BCUT2D eigenvalue weighted by atomic mass is 10.3. The number of alkyl halides is 2. The van der Waals surface area contributed by atoms with E-state index < -0.39 is 25.1 Å². The van der Waals surface area contributed by atoms with Crippen molar-refractivity contribution in [3.63, 3.8) is 0 Å². The molecule has 1 heterocycles. The van der Waals surface area contributed by atoms with Gasteiger partial charge in [0, 0.05) is 17.9 Å². The summed E-state index contributed by atoms with van der Waals surface area (Å²) in [7, 11) is 0. The first-order valence-electron chi connectivity index (χ1n) is 8.34. The third kappa shape index (κ3) is 5.78. The van der Waals surface area contributed by atoms with Gasteiger partial charge in [0.15, 0.2) is 6.61 Å². The quantitative estimate of drug-likeness (QED) is 0.644. The maximum absolute atomic E-state index is 12.2. The number of amides is 1. The van der Waals surface area contributed by atoms with Gasteiger partial charge in [0.25, 0.3) is 5.91 Å². The number of ether oxygens (including phenoxy) is 2. The lowest BCUT2D eigenvalue weighted by Crippen LogP contribution is -2.21. The highest BCUT2D eigenvalue weighted by Crippen LogP contribution is 2.29. The van der Waals surface area contributed by atoms with Crippen LogP contribution in [0.25, 0.3) is 0 Å². The zero-order chi connectivity index (χ0) is 20.1. The zero-order valence-electron chi connectivity index (χ0n) is 14.5. The molecule has 0 atom stereocenters. The molecule has 3 rings (SSSR count). The molecular weight excluding hydrogens is 396 g/mol. The van der Waals surface area contributed by atoms with Crippen molar-refractivity contribution in [2.24, 2.45) is 0 Å². The summed E-state index contributed by atoms with van der Waals surface area (Å²) >= 11 is 5.81. The smallest absolute Gasteiger partial charge is 0.387 e. The van der Waals surface area contributed by atoms with E-state index in [2.05, 4.69) is 20.4 Å². The standard InChI is InChI=1S/C18H16ClF2N3O4/c19-13-7-12(4-5-14(13)28-18(20)21)24-16(25)9-27-17(26)10-1-6-15(22-8-10)23-11-2-3-11/h1,4-8,11,18H,2-3,9H2,(H,22,23)(H,24,25). The Hall–Kier alpha value is -2.94. The van der Waals surface area contributed by atoms with E-state index in [-0.39, 0.29) is 22.0 Å². The van der Waals surface area contributed by atoms with Crippen LogP contribution in [0.4, 0.5) is 20.3 Å². The van der Waals surface area contributed by atoms with E-state index in [0.717, 1.165) is 12.8 Å². The number of carbonyl (C=O) groups excluding carboxylic acids is 2. The first-order valence-corrected chi connectivity index (χ1v) is 8.72. The van der Waals surface area contributed by atoms with E-state index in [0.29, 0.717) is 11.9 Å². The van der Waals surface area contributed by atoms with E-state index >= 15 is 0 Å². The van der Waals surface area contributed by atoms with Crippen LogP contribution in [0.2, 0.25) is 5.02 Å². The number of halogens is 3. The average Bonchev–Trinajstić information content (AvgIpc) is 3.46. The molecule has 0 spiro atoms. The third-order valence-electron chi connectivity index (χ3n) is 3.69. The molecule has 1 amide bonds. The molecule has 2 N–H and O–H groups in total. The number of hydrogen-bond donors (Lipinski definition) is 2. The van der Waals surface area contributed by atoms with Crippen LogP contribution in [-0.4, -0.2) is 36.1 Å². The van der Waals surface area contributed by atoms with Gasteiger partial charge in [-0.25, -0.2) is 9.78 Å². The molecule has 1 aliphatic rings. The maximum atomic E-state index is 12.2. The molecule has 7 nitrogen and oxygen atoms in total. The number of nitrogens with zero attached hydrogens (tertiary/aromatic N) is 1. The Bertz CT molecular complexity index is 860. The van der Waals surface area contributed by atoms with Crippen LogP contribution in [0.3, 0.4) is 0 Å². The number of esters is 1. The van der Waals surface area contributed by atoms with Crippen molar-refractivity contribution in [3.8, 4) is 5.75 Å². The second kappa shape index (κ2) is 8.83. The molecule has 1 fully saturated rings. The van der Waals surface area contributed by atoms with Crippen molar-refractivity contribution in [2.75, 3.05) is 17.2 Å². The van der Waals surface area contributed by atoms with Crippen molar-refractivity contribution < 1.29 is 27.8 Å². The van der Waals surface area contributed by atoms with Gasteiger partial charge in [-0.15, -0.1) is 0 Å². The Morgan fingerprint density at radius 2 is 2.04 bits per heavy atom. The van der Waals surface area contributed by atoms with Crippen LogP contribution in [0.15, 0.2) is 36.5 Å². The van der Waals surface area contributed by atoms with Crippen LogP contribution in [0, 0.1) is 0 Å². The minimum absolute atomic E-state index is 0.0962. The number of hydrogen-bond acceptors (Lipinski definition) is 6. The van der Waals surface area contributed by atoms with Gasteiger partial charge in [0.2, 0.25) is 0 Å². The highest BCUT2D eigenvalue weighted by molar-refractivity contribution is 6.32. The lowest BCUT2D eigenvalue weighted by molar-refractivity contribution is -0.119. The summed E-state index contributed by atoms with van der Waals surface area (Å²) in [5, 5.41) is 5.53. The Morgan fingerprint density at radius 3 is 2.64 bits per heavy atom. The van der Waals surface area contributed by atoms with Gasteiger partial charge < -0.3 is 20.1 Å². The van der Waals surface area contributed by atoms with Gasteiger partial charge in [0.1, 0.15) is 11.6 Å². The third-order valence-corrected chi connectivity index (χ3v) is 3.99.